The maximum absolute atomic E-state index is 11.1. The van der Waals surface area contributed by atoms with Gasteiger partial charge in [0.1, 0.15) is 0 Å². The second-order valence-electron chi connectivity index (χ2n) is 2.44. The summed E-state index contributed by atoms with van der Waals surface area (Å²) in [5, 5.41) is 10.4. The molecule has 0 heterocycles. The number of hydrogen-bond donors (Lipinski definition) is 0. The zero-order chi connectivity index (χ0) is 10.6. The minimum Gasteiger partial charge on any atom is -0.462 e. The molecular weight excluding hydrogens is 186 g/mol. The predicted molar refractivity (Wildman–Crippen MR) is 47.9 cm³/mol. The van der Waals surface area contributed by atoms with Crippen LogP contribution in [0.5, 0.6) is 0 Å². The molecule has 14 heavy (non-hydrogen) atoms. The predicted octanol–water partition coefficient (Wildman–Crippen LogP) is 1.57. The lowest BCUT2D eigenvalue weighted by molar-refractivity contribution is -0.384. The molecule has 0 bridgehead atoms. The van der Waals surface area contributed by atoms with Gasteiger partial charge in [0, 0.05) is 12.1 Å². The van der Waals surface area contributed by atoms with Crippen LogP contribution < -0.4 is 0 Å². The first-order valence-electron chi connectivity index (χ1n) is 3.98. The largest absolute Gasteiger partial charge is 0.462 e. The summed E-state index contributed by atoms with van der Waals surface area (Å²) in [5.74, 6) is -0.601. The van der Waals surface area contributed by atoms with Crippen molar-refractivity contribution in [3.05, 3.63) is 39.9 Å². The monoisotopic (exact) mass is 194 g/mol. The summed E-state index contributed by atoms with van der Waals surface area (Å²) in [6, 6.07) is 6.30. The molecule has 0 saturated heterocycles. The zero-order valence-corrected chi connectivity index (χ0v) is 7.52. The smallest absolute Gasteiger partial charge is 0.339 e. The maximum atomic E-state index is 11.1. The molecule has 5 nitrogen and oxygen atoms in total. The molecule has 0 aromatic heterocycles. The number of hydrogen-bond acceptors (Lipinski definition) is 4. The van der Waals surface area contributed by atoms with E-state index >= 15 is 0 Å². The van der Waals surface area contributed by atoms with E-state index < -0.39 is 10.9 Å². The first kappa shape index (κ1) is 10.2. The number of benzene rings is 1. The van der Waals surface area contributed by atoms with Crippen molar-refractivity contribution in [2.75, 3.05) is 6.61 Å². The van der Waals surface area contributed by atoms with Gasteiger partial charge in [-0.05, 0) is 19.1 Å². The van der Waals surface area contributed by atoms with Crippen molar-refractivity contribution in [1.29, 1.82) is 0 Å². The van der Waals surface area contributed by atoms with E-state index in [1.54, 1.807) is 6.92 Å². The van der Waals surface area contributed by atoms with Gasteiger partial charge in [-0.15, -0.1) is 0 Å². The minimum absolute atomic E-state index is 0.0704. The van der Waals surface area contributed by atoms with Crippen LogP contribution in [0.3, 0.4) is 0 Å². The Balaban J connectivity index is 2.93. The average Bonchev–Trinajstić information content (AvgIpc) is 2.18. The van der Waals surface area contributed by atoms with Gasteiger partial charge in [0.2, 0.25) is 0 Å². The number of nitrogens with zero attached hydrogens (tertiary/aromatic N) is 1. The molecule has 0 aliphatic rings. The van der Waals surface area contributed by atoms with Crippen LogP contribution in [0.25, 0.3) is 0 Å². The van der Waals surface area contributed by atoms with Crippen molar-refractivity contribution in [2.24, 2.45) is 0 Å². The number of rotatable bonds is 3. The summed E-state index contributed by atoms with van der Waals surface area (Å²) in [7, 11) is 0. The summed E-state index contributed by atoms with van der Waals surface area (Å²) >= 11 is 0. The summed E-state index contributed by atoms with van der Waals surface area (Å²) in [6.07, 6.45) is 0. The SMILES string of the molecule is CCOC(=O)c1[c]ccc([N+](=O)[O-])c1. The second-order valence-corrected chi connectivity index (χ2v) is 2.44. The Morgan fingerprint density at radius 1 is 1.71 bits per heavy atom. The van der Waals surface area contributed by atoms with Crippen LogP contribution in [0, 0.1) is 16.2 Å². The van der Waals surface area contributed by atoms with Gasteiger partial charge >= 0.3 is 5.97 Å². The molecule has 0 saturated carbocycles. The van der Waals surface area contributed by atoms with E-state index in [1.807, 2.05) is 0 Å². The van der Waals surface area contributed by atoms with Crippen molar-refractivity contribution < 1.29 is 14.5 Å². The number of esters is 1. The van der Waals surface area contributed by atoms with Gasteiger partial charge in [-0.25, -0.2) is 4.79 Å². The molecule has 0 aliphatic heterocycles. The van der Waals surface area contributed by atoms with Gasteiger partial charge < -0.3 is 4.74 Å². The molecule has 0 aliphatic carbocycles. The van der Waals surface area contributed by atoms with E-state index in [9.17, 15) is 14.9 Å². The van der Waals surface area contributed by atoms with Crippen LogP contribution >= 0.6 is 0 Å². The molecular formula is C9H8NO4. The Bertz CT molecular complexity index is 362. The van der Waals surface area contributed by atoms with Crippen LogP contribution in [0.15, 0.2) is 18.2 Å². The van der Waals surface area contributed by atoms with E-state index in [-0.39, 0.29) is 17.9 Å². The first-order valence-corrected chi connectivity index (χ1v) is 3.98. The van der Waals surface area contributed by atoms with Crippen molar-refractivity contribution in [2.45, 2.75) is 6.92 Å². The standard InChI is InChI=1S/C9H8NO4/c1-2-14-9(11)7-4-3-5-8(6-7)10(12)13/h3,5-6H,2H2,1H3. The third-order valence-electron chi connectivity index (χ3n) is 1.49. The number of non-ortho nitro benzene ring substituents is 1. The Morgan fingerprint density at radius 2 is 2.43 bits per heavy atom. The number of nitro groups is 1. The van der Waals surface area contributed by atoms with Crippen LogP contribution in [-0.4, -0.2) is 17.5 Å². The van der Waals surface area contributed by atoms with Crippen molar-refractivity contribution in [3.8, 4) is 0 Å². The molecule has 0 N–H and O–H groups in total. The van der Waals surface area contributed by atoms with Gasteiger partial charge in [-0.3, -0.25) is 10.1 Å². The molecule has 1 rings (SSSR count). The van der Waals surface area contributed by atoms with Crippen molar-refractivity contribution >= 4 is 11.7 Å². The highest BCUT2D eigenvalue weighted by molar-refractivity contribution is 5.89. The van der Waals surface area contributed by atoms with Crippen molar-refractivity contribution in [1.82, 2.24) is 0 Å². The topological polar surface area (TPSA) is 69.4 Å². The fraction of sp³-hybridized carbons (Fsp3) is 0.222. The summed E-state index contributed by atoms with van der Waals surface area (Å²) in [4.78, 5) is 20.9. The highest BCUT2D eigenvalue weighted by Crippen LogP contribution is 2.13. The van der Waals surface area contributed by atoms with E-state index in [0.717, 1.165) is 6.07 Å². The normalized spacial score (nSPS) is 9.50. The molecule has 5 heteroatoms. The molecule has 0 amide bonds. The Morgan fingerprint density at radius 3 is 3.00 bits per heavy atom. The molecule has 0 atom stereocenters. The number of ether oxygens (including phenoxy) is 1. The Kier molecular flexibility index (Phi) is 3.17. The number of nitro benzene ring substituents is 1. The minimum atomic E-state index is -0.601. The fourth-order valence-electron chi connectivity index (χ4n) is 0.895. The lowest BCUT2D eigenvalue weighted by Crippen LogP contribution is -2.05. The van der Waals surface area contributed by atoms with Gasteiger partial charge in [0.25, 0.3) is 5.69 Å². The third kappa shape index (κ3) is 2.29. The lowest BCUT2D eigenvalue weighted by atomic mass is 10.2. The van der Waals surface area contributed by atoms with Gasteiger partial charge in [-0.1, -0.05) is 0 Å². The van der Waals surface area contributed by atoms with Crippen LogP contribution in [0.4, 0.5) is 5.69 Å². The third-order valence-corrected chi connectivity index (χ3v) is 1.49. The van der Waals surface area contributed by atoms with E-state index in [1.165, 1.54) is 12.1 Å². The number of carbonyl (C=O) groups is 1. The maximum Gasteiger partial charge on any atom is 0.339 e. The number of carbonyl (C=O) groups excluding carboxylic acids is 1. The van der Waals surface area contributed by atoms with Crippen LogP contribution in [0.2, 0.25) is 0 Å². The summed E-state index contributed by atoms with van der Waals surface area (Å²) < 4.78 is 4.67. The highest BCUT2D eigenvalue weighted by atomic mass is 16.6. The van der Waals surface area contributed by atoms with E-state index in [0.29, 0.717) is 0 Å². The van der Waals surface area contributed by atoms with E-state index in [2.05, 4.69) is 10.8 Å². The Labute approximate surface area is 80.5 Å². The summed E-state index contributed by atoms with van der Waals surface area (Å²) in [6.45, 7) is 1.89. The average molecular weight is 194 g/mol. The van der Waals surface area contributed by atoms with E-state index in [4.69, 9.17) is 0 Å². The molecule has 0 unspecified atom stereocenters. The van der Waals surface area contributed by atoms with Gasteiger partial charge in [0.15, 0.2) is 0 Å². The lowest BCUT2D eigenvalue weighted by Gasteiger charge is -1.99. The molecule has 1 aromatic rings. The quantitative estimate of drug-likeness (QED) is 0.416. The molecule has 0 spiro atoms. The Hall–Kier alpha value is -1.91. The van der Waals surface area contributed by atoms with Crippen molar-refractivity contribution in [3.63, 3.8) is 0 Å². The van der Waals surface area contributed by atoms with Crippen LogP contribution in [0.1, 0.15) is 17.3 Å². The van der Waals surface area contributed by atoms with Gasteiger partial charge in [-0.2, -0.15) is 0 Å². The highest BCUT2D eigenvalue weighted by Gasteiger charge is 2.11. The first-order chi connectivity index (χ1) is 6.65. The molecule has 1 aromatic carbocycles. The summed E-state index contributed by atoms with van der Waals surface area (Å²) in [5.41, 5.74) is -0.0761. The second kappa shape index (κ2) is 4.36. The fourth-order valence-corrected chi connectivity index (χ4v) is 0.895. The zero-order valence-electron chi connectivity index (χ0n) is 7.52. The molecule has 73 valence electrons. The van der Waals surface area contributed by atoms with Gasteiger partial charge in [0.05, 0.1) is 17.1 Å². The molecule has 1 radical (unpaired) electrons. The van der Waals surface area contributed by atoms with Crippen LogP contribution in [-0.2, 0) is 4.74 Å². The molecule has 0 fully saturated rings.